The third-order valence-electron chi connectivity index (χ3n) is 4.97. The Balaban J connectivity index is 2.08. The van der Waals surface area contributed by atoms with Crippen molar-refractivity contribution in [2.24, 2.45) is 5.10 Å². The number of halogens is 1. The number of nitrogens with zero attached hydrogens (tertiary/aromatic N) is 3. The Labute approximate surface area is 197 Å². The Kier molecular flexibility index (Phi) is 7.39. The summed E-state index contributed by atoms with van der Waals surface area (Å²) >= 11 is 3.44. The van der Waals surface area contributed by atoms with Crippen LogP contribution in [0, 0.1) is 0 Å². The Hall–Kier alpha value is -2.67. The molecular formula is C25H30BrN3O3. The van der Waals surface area contributed by atoms with E-state index in [0.29, 0.717) is 34.8 Å². The van der Waals surface area contributed by atoms with Gasteiger partial charge in [-0.3, -0.25) is 4.79 Å². The van der Waals surface area contributed by atoms with Gasteiger partial charge in [0, 0.05) is 9.89 Å². The molecule has 0 unspecified atom stereocenters. The van der Waals surface area contributed by atoms with Gasteiger partial charge in [-0.15, -0.1) is 0 Å². The first-order valence-electron chi connectivity index (χ1n) is 10.8. The monoisotopic (exact) mass is 499 g/mol. The molecule has 1 heterocycles. The van der Waals surface area contributed by atoms with Gasteiger partial charge in [0.25, 0.3) is 5.56 Å². The van der Waals surface area contributed by atoms with Gasteiger partial charge in [-0.25, -0.2) is 4.98 Å². The molecule has 0 fully saturated rings. The van der Waals surface area contributed by atoms with Crippen LogP contribution in [0.5, 0.6) is 11.5 Å². The van der Waals surface area contributed by atoms with Gasteiger partial charge >= 0.3 is 0 Å². The van der Waals surface area contributed by atoms with E-state index in [0.717, 1.165) is 16.5 Å². The SMILES string of the molecule is CCOc1cc(C=Nn2c(C(C)(C)C)nc3ccc(Br)cc3c2=O)ccc1O[C@H](C)CC. The second-order valence-corrected chi connectivity index (χ2v) is 9.60. The van der Waals surface area contributed by atoms with Crippen molar-refractivity contribution < 1.29 is 9.47 Å². The van der Waals surface area contributed by atoms with Crippen molar-refractivity contribution in [1.29, 1.82) is 0 Å². The molecule has 6 nitrogen and oxygen atoms in total. The predicted molar refractivity (Wildman–Crippen MR) is 133 cm³/mol. The van der Waals surface area contributed by atoms with Crippen molar-refractivity contribution in [3.8, 4) is 11.5 Å². The maximum absolute atomic E-state index is 13.3. The molecule has 0 saturated carbocycles. The van der Waals surface area contributed by atoms with Crippen molar-refractivity contribution in [2.45, 2.75) is 59.5 Å². The summed E-state index contributed by atoms with van der Waals surface area (Å²) < 4.78 is 14.0. The molecule has 0 spiro atoms. The molecule has 0 N–H and O–H groups in total. The lowest BCUT2D eigenvalue weighted by Gasteiger charge is -2.21. The fourth-order valence-corrected chi connectivity index (χ4v) is 3.50. The first-order chi connectivity index (χ1) is 15.1. The van der Waals surface area contributed by atoms with E-state index in [1.54, 1.807) is 12.3 Å². The van der Waals surface area contributed by atoms with Crippen molar-refractivity contribution in [2.75, 3.05) is 6.61 Å². The van der Waals surface area contributed by atoms with Crippen LogP contribution in [0.3, 0.4) is 0 Å². The van der Waals surface area contributed by atoms with E-state index in [1.165, 1.54) is 4.68 Å². The summed E-state index contributed by atoms with van der Waals surface area (Å²) in [7, 11) is 0. The van der Waals surface area contributed by atoms with Crippen LogP contribution >= 0.6 is 15.9 Å². The molecule has 0 amide bonds. The first kappa shape index (κ1) is 24.0. The maximum atomic E-state index is 13.3. The standard InChI is InChI=1S/C25H30BrN3O3/c1-7-16(3)32-21-12-9-17(13-22(21)31-8-2)15-27-29-23(30)19-14-18(26)10-11-20(19)28-24(29)25(4,5)6/h9-16H,7-8H2,1-6H3/t16-/m1/s1. The highest BCUT2D eigenvalue weighted by atomic mass is 79.9. The molecule has 3 aromatic rings. The third-order valence-corrected chi connectivity index (χ3v) is 5.47. The third kappa shape index (κ3) is 5.38. The van der Waals surface area contributed by atoms with Crippen LogP contribution < -0.4 is 15.0 Å². The first-order valence-corrected chi connectivity index (χ1v) is 11.6. The molecule has 0 radical (unpaired) electrons. The van der Waals surface area contributed by atoms with E-state index in [-0.39, 0.29) is 17.1 Å². The van der Waals surface area contributed by atoms with Crippen molar-refractivity contribution in [3.05, 3.63) is 62.6 Å². The lowest BCUT2D eigenvalue weighted by molar-refractivity contribution is 0.203. The van der Waals surface area contributed by atoms with E-state index >= 15 is 0 Å². The van der Waals surface area contributed by atoms with Gasteiger partial charge in [0.2, 0.25) is 0 Å². The Morgan fingerprint density at radius 2 is 1.91 bits per heavy atom. The van der Waals surface area contributed by atoms with E-state index in [1.807, 2.05) is 65.0 Å². The number of aromatic nitrogens is 2. The summed E-state index contributed by atoms with van der Waals surface area (Å²) in [6.45, 7) is 12.6. The minimum absolute atomic E-state index is 0.0876. The van der Waals surface area contributed by atoms with E-state index in [4.69, 9.17) is 14.5 Å². The molecule has 0 aliphatic heterocycles. The van der Waals surface area contributed by atoms with Gasteiger partial charge in [0.15, 0.2) is 11.5 Å². The smallest absolute Gasteiger partial charge is 0.282 e. The zero-order valence-corrected chi connectivity index (χ0v) is 21.1. The van der Waals surface area contributed by atoms with E-state index < -0.39 is 0 Å². The lowest BCUT2D eigenvalue weighted by Crippen LogP contribution is -2.29. The summed E-state index contributed by atoms with van der Waals surface area (Å²) in [6, 6.07) is 11.1. The van der Waals surface area contributed by atoms with Gasteiger partial charge in [-0.2, -0.15) is 9.78 Å². The van der Waals surface area contributed by atoms with E-state index in [2.05, 4.69) is 28.0 Å². The average molecular weight is 500 g/mol. The van der Waals surface area contributed by atoms with Crippen molar-refractivity contribution >= 4 is 33.0 Å². The minimum atomic E-state index is -0.373. The zero-order chi connectivity index (χ0) is 23.5. The molecule has 0 aliphatic rings. The number of ether oxygens (including phenoxy) is 2. The van der Waals surface area contributed by atoms with Crippen LogP contribution in [0.25, 0.3) is 10.9 Å². The van der Waals surface area contributed by atoms with Crippen LogP contribution in [-0.4, -0.2) is 28.6 Å². The van der Waals surface area contributed by atoms with Gasteiger partial charge < -0.3 is 9.47 Å². The van der Waals surface area contributed by atoms with Gasteiger partial charge in [-0.1, -0.05) is 43.6 Å². The molecule has 0 saturated heterocycles. The van der Waals surface area contributed by atoms with Crippen molar-refractivity contribution in [3.63, 3.8) is 0 Å². The molecule has 32 heavy (non-hydrogen) atoms. The maximum Gasteiger partial charge on any atom is 0.282 e. The molecule has 3 rings (SSSR count). The summed E-state index contributed by atoms with van der Waals surface area (Å²) in [5, 5.41) is 5.05. The quantitative estimate of drug-likeness (QED) is 0.378. The van der Waals surface area contributed by atoms with Gasteiger partial charge in [0.05, 0.1) is 29.8 Å². The largest absolute Gasteiger partial charge is 0.490 e. The van der Waals surface area contributed by atoms with Crippen LogP contribution in [0.4, 0.5) is 0 Å². The highest BCUT2D eigenvalue weighted by Crippen LogP contribution is 2.29. The predicted octanol–water partition coefficient (Wildman–Crippen LogP) is 5.91. The van der Waals surface area contributed by atoms with Crippen LogP contribution in [0.1, 0.15) is 59.4 Å². The molecule has 0 aliphatic carbocycles. The normalized spacial score (nSPS) is 13.0. The topological polar surface area (TPSA) is 65.7 Å². The van der Waals surface area contributed by atoms with E-state index in [9.17, 15) is 4.79 Å². The second-order valence-electron chi connectivity index (χ2n) is 8.68. The molecule has 7 heteroatoms. The van der Waals surface area contributed by atoms with Gasteiger partial charge in [-0.05, 0) is 62.2 Å². The highest BCUT2D eigenvalue weighted by molar-refractivity contribution is 9.10. The summed E-state index contributed by atoms with van der Waals surface area (Å²) in [4.78, 5) is 18.0. The lowest BCUT2D eigenvalue weighted by atomic mass is 9.95. The average Bonchev–Trinajstić information content (AvgIpc) is 2.74. The highest BCUT2D eigenvalue weighted by Gasteiger charge is 2.23. The molecule has 1 aromatic heterocycles. The van der Waals surface area contributed by atoms with Gasteiger partial charge in [0.1, 0.15) is 5.82 Å². The number of fused-ring (bicyclic) bond motifs is 1. The fourth-order valence-electron chi connectivity index (χ4n) is 3.14. The molecule has 1 atom stereocenters. The Morgan fingerprint density at radius 3 is 2.56 bits per heavy atom. The minimum Gasteiger partial charge on any atom is -0.490 e. The summed E-state index contributed by atoms with van der Waals surface area (Å²) in [5.41, 5.74) is 0.868. The summed E-state index contributed by atoms with van der Waals surface area (Å²) in [6.07, 6.45) is 2.64. The van der Waals surface area contributed by atoms with Crippen LogP contribution in [0.2, 0.25) is 0 Å². The number of hydrogen-bond donors (Lipinski definition) is 0. The van der Waals surface area contributed by atoms with Crippen LogP contribution in [0.15, 0.2) is 50.8 Å². The number of hydrogen-bond acceptors (Lipinski definition) is 5. The van der Waals surface area contributed by atoms with Crippen molar-refractivity contribution in [1.82, 2.24) is 9.66 Å². The Bertz CT molecular complexity index is 1200. The zero-order valence-electron chi connectivity index (χ0n) is 19.5. The second kappa shape index (κ2) is 9.86. The van der Waals surface area contributed by atoms with Crippen LogP contribution in [-0.2, 0) is 5.41 Å². The molecule has 170 valence electrons. The summed E-state index contributed by atoms with van der Waals surface area (Å²) in [5.74, 6) is 1.94. The fraction of sp³-hybridized carbons (Fsp3) is 0.400. The molecular weight excluding hydrogens is 470 g/mol. The number of rotatable bonds is 7. The number of benzene rings is 2. The molecule has 2 aromatic carbocycles. The Morgan fingerprint density at radius 1 is 1.16 bits per heavy atom. The molecule has 0 bridgehead atoms.